The fraction of sp³-hybridized carbons (Fsp3) is 0.550. The van der Waals surface area contributed by atoms with Crippen LogP contribution < -0.4 is 15.0 Å². The van der Waals surface area contributed by atoms with Gasteiger partial charge in [-0.1, -0.05) is 0 Å². The molecule has 1 aromatic rings. The number of likely N-dealkylation sites (tertiary alicyclic amines) is 1. The first-order valence-electron chi connectivity index (χ1n) is 9.36. The van der Waals surface area contributed by atoms with Crippen LogP contribution in [0, 0.1) is 0 Å². The summed E-state index contributed by atoms with van der Waals surface area (Å²) in [4.78, 5) is 19.3. The summed E-state index contributed by atoms with van der Waals surface area (Å²) >= 11 is 0. The molecule has 2 heterocycles. The molecule has 0 aromatic heterocycles. The van der Waals surface area contributed by atoms with E-state index >= 15 is 0 Å². The van der Waals surface area contributed by atoms with Gasteiger partial charge in [-0.2, -0.15) is 0 Å². The maximum atomic E-state index is 11.6. The van der Waals surface area contributed by atoms with E-state index in [2.05, 4.69) is 11.6 Å². The molecule has 1 spiro atoms. The first-order chi connectivity index (χ1) is 12.6. The Hall–Kier alpha value is -2.21. The number of hydrogen-bond acceptors (Lipinski definition) is 5. The fourth-order valence-corrected chi connectivity index (χ4v) is 4.02. The van der Waals surface area contributed by atoms with Gasteiger partial charge in [0.1, 0.15) is 5.60 Å². The van der Waals surface area contributed by atoms with Crippen LogP contribution in [0.3, 0.4) is 0 Å². The highest BCUT2D eigenvalue weighted by atomic mass is 16.7. The first-order valence-corrected chi connectivity index (χ1v) is 9.36. The van der Waals surface area contributed by atoms with Gasteiger partial charge < -0.3 is 14.4 Å². The van der Waals surface area contributed by atoms with Crippen LogP contribution in [0.5, 0.6) is 11.5 Å². The molecule has 6 heteroatoms. The summed E-state index contributed by atoms with van der Waals surface area (Å²) < 4.78 is 11.7. The first kappa shape index (κ1) is 17.2. The van der Waals surface area contributed by atoms with Crippen molar-refractivity contribution >= 4 is 11.6 Å². The van der Waals surface area contributed by atoms with Crippen molar-refractivity contribution in [1.29, 1.82) is 0 Å². The van der Waals surface area contributed by atoms with Crippen LogP contribution in [0.15, 0.2) is 24.3 Å². The van der Waals surface area contributed by atoms with E-state index in [-0.39, 0.29) is 12.0 Å². The zero-order valence-corrected chi connectivity index (χ0v) is 15.4. The Morgan fingerprint density at radius 1 is 1.31 bits per heavy atom. The van der Waals surface area contributed by atoms with Crippen LogP contribution in [-0.2, 0) is 9.63 Å². The van der Waals surface area contributed by atoms with E-state index in [0.29, 0.717) is 6.54 Å². The lowest BCUT2D eigenvalue weighted by molar-refractivity contribution is -0.129. The highest BCUT2D eigenvalue weighted by Crippen LogP contribution is 2.37. The van der Waals surface area contributed by atoms with Gasteiger partial charge in [0.25, 0.3) is 0 Å². The SMILES string of the molecule is COc1ccc(C2=CC3(CCN(C(C)=O)C3)ON2)cc1OC1CCCC1. The van der Waals surface area contributed by atoms with E-state index in [0.717, 1.165) is 48.6 Å². The molecule has 3 aliphatic rings. The average molecular weight is 358 g/mol. The van der Waals surface area contributed by atoms with Crippen LogP contribution in [0.2, 0.25) is 0 Å². The van der Waals surface area contributed by atoms with Crippen LogP contribution in [-0.4, -0.2) is 42.7 Å². The van der Waals surface area contributed by atoms with E-state index in [9.17, 15) is 4.79 Å². The lowest BCUT2D eigenvalue weighted by Crippen LogP contribution is -2.35. The number of benzene rings is 1. The third-order valence-electron chi connectivity index (χ3n) is 5.55. The summed E-state index contributed by atoms with van der Waals surface area (Å²) in [5.41, 5.74) is 4.52. The standard InChI is InChI=1S/C20H26N2O4/c1-14(23)22-10-9-20(13-22)12-17(21-26-20)15-7-8-18(24-2)19(11-15)25-16-5-3-4-6-16/h7-8,11-12,16,21H,3-6,9-10,13H2,1-2H3. The number of nitrogens with zero attached hydrogens (tertiary/aromatic N) is 1. The number of methoxy groups -OCH3 is 1. The molecule has 6 nitrogen and oxygen atoms in total. The van der Waals surface area contributed by atoms with E-state index in [1.165, 1.54) is 12.8 Å². The van der Waals surface area contributed by atoms with E-state index in [1.54, 1.807) is 14.0 Å². The van der Waals surface area contributed by atoms with Crippen molar-refractivity contribution in [2.45, 2.75) is 50.7 Å². The monoisotopic (exact) mass is 358 g/mol. The van der Waals surface area contributed by atoms with Crippen molar-refractivity contribution in [3.8, 4) is 11.5 Å². The van der Waals surface area contributed by atoms with Crippen LogP contribution in [0.1, 0.15) is 44.6 Å². The second kappa shape index (κ2) is 6.83. The summed E-state index contributed by atoms with van der Waals surface area (Å²) in [7, 11) is 1.66. The van der Waals surface area contributed by atoms with Crippen LogP contribution >= 0.6 is 0 Å². The van der Waals surface area contributed by atoms with E-state index in [1.807, 2.05) is 23.1 Å². The number of ether oxygens (including phenoxy) is 2. The quantitative estimate of drug-likeness (QED) is 0.897. The number of carbonyl (C=O) groups excluding carboxylic acids is 1. The molecule has 1 aliphatic carbocycles. The largest absolute Gasteiger partial charge is 0.493 e. The number of rotatable bonds is 4. The van der Waals surface area contributed by atoms with Crippen molar-refractivity contribution in [3.63, 3.8) is 0 Å². The minimum absolute atomic E-state index is 0.0871. The lowest BCUT2D eigenvalue weighted by Gasteiger charge is -2.19. The van der Waals surface area contributed by atoms with Gasteiger partial charge >= 0.3 is 0 Å². The molecule has 1 saturated carbocycles. The molecule has 0 bridgehead atoms. The zero-order valence-electron chi connectivity index (χ0n) is 15.4. The molecule has 1 amide bonds. The predicted molar refractivity (Wildman–Crippen MR) is 97.7 cm³/mol. The summed E-state index contributed by atoms with van der Waals surface area (Å²) in [6, 6.07) is 5.94. The molecule has 140 valence electrons. The minimum Gasteiger partial charge on any atom is -0.493 e. The molecule has 0 radical (unpaired) electrons. The van der Waals surface area contributed by atoms with Crippen molar-refractivity contribution in [1.82, 2.24) is 10.4 Å². The molecule has 2 aliphatic heterocycles. The molecule has 26 heavy (non-hydrogen) atoms. The second-order valence-electron chi connectivity index (χ2n) is 7.41. The summed E-state index contributed by atoms with van der Waals surface area (Å²) in [6.45, 7) is 2.90. The fourth-order valence-electron chi connectivity index (χ4n) is 4.02. The third-order valence-corrected chi connectivity index (χ3v) is 5.55. The molecular weight excluding hydrogens is 332 g/mol. The zero-order chi connectivity index (χ0) is 18.1. The van der Waals surface area contributed by atoms with Crippen molar-refractivity contribution in [2.75, 3.05) is 20.2 Å². The number of hydrogen-bond donors (Lipinski definition) is 1. The Morgan fingerprint density at radius 2 is 2.12 bits per heavy atom. The summed E-state index contributed by atoms with van der Waals surface area (Å²) in [5.74, 6) is 1.61. The maximum Gasteiger partial charge on any atom is 0.219 e. The van der Waals surface area contributed by atoms with Gasteiger partial charge in [0.05, 0.1) is 25.5 Å². The van der Waals surface area contributed by atoms with Gasteiger partial charge in [-0.3, -0.25) is 15.1 Å². The molecule has 1 unspecified atom stereocenters. The maximum absolute atomic E-state index is 11.6. The number of carbonyl (C=O) groups is 1. The van der Waals surface area contributed by atoms with Crippen molar-refractivity contribution in [2.24, 2.45) is 0 Å². The van der Waals surface area contributed by atoms with Crippen LogP contribution in [0.25, 0.3) is 5.70 Å². The van der Waals surface area contributed by atoms with Gasteiger partial charge in [-0.05, 0) is 50.0 Å². The Kier molecular flexibility index (Phi) is 4.53. The molecule has 1 N–H and O–H groups in total. The molecule has 1 saturated heterocycles. The molecule has 4 rings (SSSR count). The average Bonchev–Trinajstić information content (AvgIpc) is 3.38. The number of amides is 1. The summed E-state index contributed by atoms with van der Waals surface area (Å²) in [6.07, 6.45) is 7.81. The van der Waals surface area contributed by atoms with Crippen molar-refractivity contribution in [3.05, 3.63) is 29.8 Å². The highest BCUT2D eigenvalue weighted by Gasteiger charge is 2.43. The lowest BCUT2D eigenvalue weighted by atomic mass is 10.0. The van der Waals surface area contributed by atoms with Gasteiger partial charge in [0.15, 0.2) is 11.5 Å². The number of hydroxylamine groups is 1. The third kappa shape index (κ3) is 3.26. The molecule has 1 atom stereocenters. The van der Waals surface area contributed by atoms with Gasteiger partial charge in [-0.15, -0.1) is 0 Å². The minimum atomic E-state index is -0.437. The van der Waals surface area contributed by atoms with Crippen LogP contribution in [0.4, 0.5) is 0 Å². The summed E-state index contributed by atoms with van der Waals surface area (Å²) in [5, 5.41) is 0. The topological polar surface area (TPSA) is 60.0 Å². The van der Waals surface area contributed by atoms with E-state index in [4.69, 9.17) is 14.3 Å². The predicted octanol–water partition coefficient (Wildman–Crippen LogP) is 2.88. The van der Waals surface area contributed by atoms with Gasteiger partial charge in [-0.25, -0.2) is 0 Å². The van der Waals surface area contributed by atoms with Crippen molar-refractivity contribution < 1.29 is 19.1 Å². The molecule has 1 aromatic carbocycles. The molecular formula is C20H26N2O4. The second-order valence-corrected chi connectivity index (χ2v) is 7.41. The Balaban J connectivity index is 1.56. The Morgan fingerprint density at radius 3 is 2.81 bits per heavy atom. The van der Waals surface area contributed by atoms with Gasteiger partial charge in [0.2, 0.25) is 5.91 Å². The normalized spacial score (nSPS) is 25.5. The smallest absolute Gasteiger partial charge is 0.219 e. The van der Waals surface area contributed by atoms with E-state index < -0.39 is 5.60 Å². The highest BCUT2D eigenvalue weighted by molar-refractivity contribution is 5.74. The molecule has 2 fully saturated rings. The Bertz CT molecular complexity index is 727. The Labute approximate surface area is 154 Å². The number of nitrogens with one attached hydrogen (secondary N) is 1. The van der Waals surface area contributed by atoms with Gasteiger partial charge in [0, 0.05) is 25.5 Å².